The maximum Gasteiger partial charge on any atom is 0.243 e. The fraction of sp³-hybridized carbons (Fsp3) is 0.385. The summed E-state index contributed by atoms with van der Waals surface area (Å²) < 4.78 is 7.82. The Labute approximate surface area is 134 Å². The van der Waals surface area contributed by atoms with Gasteiger partial charge in [0.2, 0.25) is 5.95 Å². The van der Waals surface area contributed by atoms with Crippen LogP contribution in [0.3, 0.4) is 0 Å². The zero-order valence-corrected chi connectivity index (χ0v) is 13.2. The summed E-state index contributed by atoms with van der Waals surface area (Å²) in [4.78, 5) is 8.97. The molecule has 9 heteroatoms. The second-order valence-corrected chi connectivity index (χ2v) is 5.92. The number of hydrogen-bond acceptors (Lipinski definition) is 6. The smallest absolute Gasteiger partial charge is 0.243 e. The van der Waals surface area contributed by atoms with Crippen molar-refractivity contribution in [1.82, 2.24) is 29.8 Å². The van der Waals surface area contributed by atoms with E-state index in [1.807, 2.05) is 0 Å². The Hall–Kier alpha value is -2.00. The van der Waals surface area contributed by atoms with Gasteiger partial charge in [-0.05, 0) is 28.8 Å². The molecule has 0 saturated carbocycles. The summed E-state index contributed by atoms with van der Waals surface area (Å²) in [5, 5.41) is 14.5. The first kappa shape index (κ1) is 13.6. The summed E-state index contributed by atoms with van der Waals surface area (Å²) in [6.45, 7) is 1.56. The van der Waals surface area contributed by atoms with E-state index < -0.39 is 0 Å². The van der Waals surface area contributed by atoms with Crippen LogP contribution < -0.4 is 5.32 Å². The van der Waals surface area contributed by atoms with Crippen LogP contribution in [0.1, 0.15) is 12.8 Å². The lowest BCUT2D eigenvalue weighted by Gasteiger charge is -2.22. The lowest BCUT2D eigenvalue weighted by atomic mass is 10.1. The molecule has 4 rings (SSSR count). The molecule has 4 heterocycles. The standard InChI is InChI=1S/C13H14BrN7O/c14-10-11(8-5-16-17-6-8)15-7-21-12(10)19-13(20-21)18-9-1-3-22-4-2-9/h5-7,9H,1-4H2,(H,16,17)(H,18,20). The van der Waals surface area contributed by atoms with Gasteiger partial charge in [0.15, 0.2) is 5.65 Å². The van der Waals surface area contributed by atoms with Gasteiger partial charge in [-0.25, -0.2) is 4.98 Å². The van der Waals surface area contributed by atoms with E-state index in [2.05, 4.69) is 46.5 Å². The third-order valence-electron chi connectivity index (χ3n) is 3.66. The molecule has 0 unspecified atom stereocenters. The molecule has 22 heavy (non-hydrogen) atoms. The highest BCUT2D eigenvalue weighted by molar-refractivity contribution is 9.10. The molecule has 0 bridgehead atoms. The lowest BCUT2D eigenvalue weighted by molar-refractivity contribution is 0.0903. The van der Waals surface area contributed by atoms with Crippen LogP contribution in [0, 0.1) is 0 Å². The molecule has 1 aliphatic rings. The molecule has 8 nitrogen and oxygen atoms in total. The van der Waals surface area contributed by atoms with Gasteiger partial charge >= 0.3 is 0 Å². The van der Waals surface area contributed by atoms with Gasteiger partial charge in [0.1, 0.15) is 6.33 Å². The fourth-order valence-corrected chi connectivity index (χ4v) is 3.10. The number of fused-ring (bicyclic) bond motifs is 1. The highest BCUT2D eigenvalue weighted by Gasteiger charge is 2.18. The van der Waals surface area contributed by atoms with Gasteiger partial charge in [-0.2, -0.15) is 14.6 Å². The number of aromatic amines is 1. The minimum atomic E-state index is 0.353. The monoisotopic (exact) mass is 363 g/mol. The summed E-state index contributed by atoms with van der Waals surface area (Å²) in [6.07, 6.45) is 7.11. The first-order valence-electron chi connectivity index (χ1n) is 7.05. The first-order valence-corrected chi connectivity index (χ1v) is 7.85. The number of nitrogens with zero attached hydrogens (tertiary/aromatic N) is 5. The van der Waals surface area contributed by atoms with Crippen molar-refractivity contribution >= 4 is 27.5 Å². The van der Waals surface area contributed by atoms with Gasteiger partial charge in [0, 0.05) is 31.0 Å². The van der Waals surface area contributed by atoms with E-state index in [4.69, 9.17) is 4.74 Å². The summed E-state index contributed by atoms with van der Waals surface area (Å²) in [5.41, 5.74) is 2.41. The Morgan fingerprint density at radius 2 is 2.23 bits per heavy atom. The SMILES string of the molecule is Brc1c(-c2cn[nH]c2)ncn2nc(NC3CCOCC3)nc12. The molecular formula is C13H14BrN7O. The molecule has 1 saturated heterocycles. The van der Waals surface area contributed by atoms with Crippen molar-refractivity contribution in [2.24, 2.45) is 0 Å². The van der Waals surface area contributed by atoms with Crippen molar-refractivity contribution in [3.63, 3.8) is 0 Å². The van der Waals surface area contributed by atoms with Gasteiger partial charge < -0.3 is 10.1 Å². The number of aromatic nitrogens is 6. The van der Waals surface area contributed by atoms with E-state index in [9.17, 15) is 0 Å². The van der Waals surface area contributed by atoms with E-state index in [0.717, 1.165) is 47.4 Å². The Kier molecular flexibility index (Phi) is 3.51. The molecule has 1 aliphatic heterocycles. The zero-order chi connectivity index (χ0) is 14.9. The number of H-pyrrole nitrogens is 1. The molecule has 2 N–H and O–H groups in total. The molecule has 1 fully saturated rings. The minimum Gasteiger partial charge on any atom is -0.381 e. The third-order valence-corrected chi connectivity index (χ3v) is 4.39. The topological polar surface area (TPSA) is 93.0 Å². The van der Waals surface area contributed by atoms with Crippen LogP contribution in [0.15, 0.2) is 23.2 Å². The third kappa shape index (κ3) is 2.46. The van der Waals surface area contributed by atoms with Crippen LogP contribution in [-0.4, -0.2) is 49.0 Å². The Balaban J connectivity index is 1.67. The Morgan fingerprint density at radius 1 is 1.36 bits per heavy atom. The molecule has 3 aromatic rings. The van der Waals surface area contributed by atoms with Crippen LogP contribution in [0.25, 0.3) is 16.9 Å². The van der Waals surface area contributed by atoms with Gasteiger partial charge in [-0.3, -0.25) is 5.10 Å². The predicted octanol–water partition coefficient (Wildman–Crippen LogP) is 1.87. The van der Waals surface area contributed by atoms with Gasteiger partial charge in [-0.15, -0.1) is 5.10 Å². The fourth-order valence-electron chi connectivity index (χ4n) is 2.50. The number of hydrogen-bond donors (Lipinski definition) is 2. The minimum absolute atomic E-state index is 0.353. The van der Waals surface area contributed by atoms with Crippen LogP contribution in [0.4, 0.5) is 5.95 Å². The maximum absolute atomic E-state index is 5.36. The normalized spacial score (nSPS) is 16.2. The van der Waals surface area contributed by atoms with Crippen LogP contribution in [0.5, 0.6) is 0 Å². The summed E-state index contributed by atoms with van der Waals surface area (Å²) in [6, 6.07) is 0.353. The van der Waals surface area contributed by atoms with E-state index >= 15 is 0 Å². The Bertz CT molecular complexity index is 779. The van der Waals surface area contributed by atoms with Gasteiger partial charge in [0.05, 0.1) is 16.4 Å². The van der Waals surface area contributed by atoms with Crippen LogP contribution >= 0.6 is 15.9 Å². The van der Waals surface area contributed by atoms with Crippen molar-refractivity contribution in [3.8, 4) is 11.3 Å². The van der Waals surface area contributed by atoms with Crippen molar-refractivity contribution in [2.45, 2.75) is 18.9 Å². The highest BCUT2D eigenvalue weighted by atomic mass is 79.9. The summed E-state index contributed by atoms with van der Waals surface area (Å²) >= 11 is 3.57. The maximum atomic E-state index is 5.36. The van der Waals surface area contributed by atoms with Crippen molar-refractivity contribution < 1.29 is 4.74 Å². The number of rotatable bonds is 3. The van der Waals surface area contributed by atoms with E-state index in [1.165, 1.54) is 0 Å². The average Bonchev–Trinajstić information content (AvgIpc) is 3.18. The molecule has 114 valence electrons. The van der Waals surface area contributed by atoms with Crippen molar-refractivity contribution in [1.29, 1.82) is 0 Å². The molecule has 0 radical (unpaired) electrons. The van der Waals surface area contributed by atoms with E-state index in [1.54, 1.807) is 23.2 Å². The number of nitrogens with one attached hydrogen (secondary N) is 2. The number of ether oxygens (including phenoxy) is 1. The van der Waals surface area contributed by atoms with Gasteiger partial charge in [-0.1, -0.05) is 0 Å². The molecular weight excluding hydrogens is 350 g/mol. The quantitative estimate of drug-likeness (QED) is 0.737. The molecule has 3 aromatic heterocycles. The number of anilines is 1. The molecule has 0 spiro atoms. The lowest BCUT2D eigenvalue weighted by Crippen LogP contribution is -2.28. The Morgan fingerprint density at radius 3 is 3.00 bits per heavy atom. The molecule has 0 amide bonds. The highest BCUT2D eigenvalue weighted by Crippen LogP contribution is 2.28. The largest absolute Gasteiger partial charge is 0.381 e. The van der Waals surface area contributed by atoms with Crippen LogP contribution in [0.2, 0.25) is 0 Å². The number of halogens is 1. The van der Waals surface area contributed by atoms with Crippen molar-refractivity contribution in [3.05, 3.63) is 23.2 Å². The van der Waals surface area contributed by atoms with Gasteiger partial charge in [0.25, 0.3) is 0 Å². The predicted molar refractivity (Wildman–Crippen MR) is 83.5 cm³/mol. The molecule has 0 aliphatic carbocycles. The summed E-state index contributed by atoms with van der Waals surface area (Å²) in [5.74, 6) is 0.610. The zero-order valence-electron chi connectivity index (χ0n) is 11.7. The van der Waals surface area contributed by atoms with Crippen LogP contribution in [-0.2, 0) is 4.74 Å². The van der Waals surface area contributed by atoms with E-state index in [-0.39, 0.29) is 0 Å². The molecule has 0 aromatic carbocycles. The average molecular weight is 364 g/mol. The van der Waals surface area contributed by atoms with Crippen molar-refractivity contribution in [2.75, 3.05) is 18.5 Å². The summed E-state index contributed by atoms with van der Waals surface area (Å²) in [7, 11) is 0. The molecule has 0 atom stereocenters. The van der Waals surface area contributed by atoms with E-state index in [0.29, 0.717) is 12.0 Å². The first-order chi connectivity index (χ1) is 10.8. The second kappa shape index (κ2) is 5.65. The second-order valence-electron chi connectivity index (χ2n) is 5.13.